The molecular weight excluding hydrogens is 246 g/mol. The Hall–Kier alpha value is -0.670. The van der Waals surface area contributed by atoms with E-state index in [2.05, 4.69) is 0 Å². The molecule has 0 saturated heterocycles. The smallest absolute Gasteiger partial charge is 0.159 e. The summed E-state index contributed by atoms with van der Waals surface area (Å²) in [6.07, 6.45) is 3.73. The van der Waals surface area contributed by atoms with E-state index in [4.69, 9.17) is 16.3 Å². The summed E-state index contributed by atoms with van der Waals surface area (Å²) in [5.41, 5.74) is 0.436. The number of hydrogen-bond acceptors (Lipinski definition) is 1. The van der Waals surface area contributed by atoms with Crippen molar-refractivity contribution < 1.29 is 13.5 Å². The van der Waals surface area contributed by atoms with Gasteiger partial charge in [-0.05, 0) is 43.4 Å². The lowest BCUT2D eigenvalue weighted by molar-refractivity contribution is -0.0780. The maximum Gasteiger partial charge on any atom is 0.159 e. The topological polar surface area (TPSA) is 9.23 Å². The Bertz CT molecular complexity index is 399. The molecule has 1 aliphatic rings. The fourth-order valence-corrected chi connectivity index (χ4v) is 2.63. The molecule has 17 heavy (non-hydrogen) atoms. The zero-order valence-corrected chi connectivity index (χ0v) is 10.4. The molecule has 1 fully saturated rings. The normalized spacial score (nSPS) is 19.8. The average molecular weight is 261 g/mol. The molecule has 1 aromatic rings. The first kappa shape index (κ1) is 12.8. The zero-order valence-electron chi connectivity index (χ0n) is 9.68. The SMILES string of the molecule is COC1(CC(Cl)c2ccc(F)c(F)c2)CCC1. The maximum atomic E-state index is 13.1. The number of hydrogen-bond donors (Lipinski definition) is 0. The molecule has 1 unspecified atom stereocenters. The van der Waals surface area contributed by atoms with Crippen molar-refractivity contribution in [1.82, 2.24) is 0 Å². The molecule has 0 N–H and O–H groups in total. The van der Waals surface area contributed by atoms with Crippen LogP contribution < -0.4 is 0 Å². The highest BCUT2D eigenvalue weighted by atomic mass is 35.5. The molecule has 1 aromatic carbocycles. The van der Waals surface area contributed by atoms with Crippen LogP contribution in [0.2, 0.25) is 0 Å². The van der Waals surface area contributed by atoms with E-state index in [9.17, 15) is 8.78 Å². The first-order chi connectivity index (χ1) is 8.06. The molecule has 94 valence electrons. The van der Waals surface area contributed by atoms with E-state index in [0.29, 0.717) is 12.0 Å². The molecule has 1 nitrogen and oxygen atoms in total. The van der Waals surface area contributed by atoms with Crippen LogP contribution >= 0.6 is 11.6 Å². The number of ether oxygens (including phenoxy) is 1. The van der Waals surface area contributed by atoms with E-state index >= 15 is 0 Å². The van der Waals surface area contributed by atoms with Gasteiger partial charge >= 0.3 is 0 Å². The molecule has 0 spiro atoms. The third-order valence-corrected chi connectivity index (χ3v) is 3.96. The predicted octanol–water partition coefficient (Wildman–Crippen LogP) is 4.20. The fraction of sp³-hybridized carbons (Fsp3) is 0.538. The summed E-state index contributed by atoms with van der Waals surface area (Å²) < 4.78 is 31.4. The van der Waals surface area contributed by atoms with Crippen LogP contribution in [0.15, 0.2) is 18.2 Å². The lowest BCUT2D eigenvalue weighted by Gasteiger charge is -2.41. The fourth-order valence-electron chi connectivity index (χ4n) is 2.21. The minimum atomic E-state index is -0.853. The Balaban J connectivity index is 2.08. The van der Waals surface area contributed by atoms with Crippen molar-refractivity contribution in [3.63, 3.8) is 0 Å². The highest BCUT2D eigenvalue weighted by molar-refractivity contribution is 6.20. The van der Waals surface area contributed by atoms with E-state index in [1.807, 2.05) is 0 Å². The lowest BCUT2D eigenvalue weighted by atomic mass is 9.76. The van der Waals surface area contributed by atoms with Crippen molar-refractivity contribution in [3.8, 4) is 0 Å². The highest BCUT2D eigenvalue weighted by Crippen LogP contribution is 2.43. The van der Waals surface area contributed by atoms with Crippen LogP contribution in [0.3, 0.4) is 0 Å². The second-order valence-electron chi connectivity index (χ2n) is 4.59. The van der Waals surface area contributed by atoms with Crippen LogP contribution in [0.25, 0.3) is 0 Å². The Kier molecular flexibility index (Phi) is 3.69. The van der Waals surface area contributed by atoms with Gasteiger partial charge in [-0.25, -0.2) is 8.78 Å². The first-order valence-corrected chi connectivity index (χ1v) is 6.14. The molecule has 1 aliphatic carbocycles. The molecule has 1 saturated carbocycles. The van der Waals surface area contributed by atoms with Crippen LogP contribution in [-0.2, 0) is 4.74 Å². The number of rotatable bonds is 4. The molecular formula is C13H15ClF2O. The zero-order chi connectivity index (χ0) is 12.5. The Labute approximate surface area is 105 Å². The van der Waals surface area contributed by atoms with Crippen molar-refractivity contribution >= 4 is 11.6 Å². The van der Waals surface area contributed by atoms with Gasteiger partial charge < -0.3 is 4.74 Å². The second kappa shape index (κ2) is 4.91. The molecule has 0 amide bonds. The minimum Gasteiger partial charge on any atom is -0.378 e. The van der Waals surface area contributed by atoms with Crippen molar-refractivity contribution in [2.24, 2.45) is 0 Å². The van der Waals surface area contributed by atoms with E-state index in [0.717, 1.165) is 31.4 Å². The molecule has 0 aromatic heterocycles. The first-order valence-electron chi connectivity index (χ1n) is 5.70. The number of halogens is 3. The molecule has 0 bridgehead atoms. The Morgan fingerprint density at radius 1 is 1.35 bits per heavy atom. The summed E-state index contributed by atoms with van der Waals surface area (Å²) in [5.74, 6) is -1.70. The van der Waals surface area contributed by atoms with E-state index in [-0.39, 0.29) is 11.0 Å². The van der Waals surface area contributed by atoms with Gasteiger partial charge in [0.25, 0.3) is 0 Å². The summed E-state index contributed by atoms with van der Waals surface area (Å²) in [6.45, 7) is 0. The van der Waals surface area contributed by atoms with Crippen molar-refractivity contribution in [2.75, 3.05) is 7.11 Å². The molecule has 0 radical (unpaired) electrons. The van der Waals surface area contributed by atoms with Gasteiger partial charge in [0.2, 0.25) is 0 Å². The summed E-state index contributed by atoms with van der Waals surface area (Å²) in [4.78, 5) is 0. The van der Waals surface area contributed by atoms with Crippen LogP contribution in [0.1, 0.15) is 36.6 Å². The third-order valence-electron chi connectivity index (χ3n) is 3.55. The van der Waals surface area contributed by atoms with Crippen molar-refractivity contribution in [3.05, 3.63) is 35.4 Å². The van der Waals surface area contributed by atoms with Crippen LogP contribution in [0, 0.1) is 11.6 Å². The molecule has 2 rings (SSSR count). The summed E-state index contributed by atoms with van der Waals surface area (Å²) >= 11 is 6.24. The number of methoxy groups -OCH3 is 1. The van der Waals surface area contributed by atoms with Crippen molar-refractivity contribution in [1.29, 1.82) is 0 Å². The van der Waals surface area contributed by atoms with Gasteiger partial charge in [0.05, 0.1) is 11.0 Å². The second-order valence-corrected chi connectivity index (χ2v) is 5.11. The number of benzene rings is 1. The molecule has 4 heteroatoms. The van der Waals surface area contributed by atoms with Gasteiger partial charge in [0.15, 0.2) is 11.6 Å². The van der Waals surface area contributed by atoms with Gasteiger partial charge in [-0.3, -0.25) is 0 Å². The maximum absolute atomic E-state index is 13.1. The quantitative estimate of drug-likeness (QED) is 0.737. The third kappa shape index (κ3) is 2.61. The molecule has 0 aliphatic heterocycles. The summed E-state index contributed by atoms with van der Waals surface area (Å²) in [5, 5.41) is -0.342. The van der Waals surface area contributed by atoms with Crippen LogP contribution in [0.5, 0.6) is 0 Å². The van der Waals surface area contributed by atoms with E-state index < -0.39 is 11.6 Å². The standard InChI is InChI=1S/C13H15ClF2O/c1-17-13(5-2-6-13)8-10(14)9-3-4-11(15)12(16)7-9/h3-4,7,10H,2,5-6,8H2,1H3. The minimum absolute atomic E-state index is 0.169. The summed E-state index contributed by atoms with van der Waals surface area (Å²) in [6, 6.07) is 3.80. The molecule has 1 atom stereocenters. The van der Waals surface area contributed by atoms with Crippen LogP contribution in [0.4, 0.5) is 8.78 Å². The number of alkyl halides is 1. The van der Waals surface area contributed by atoms with E-state index in [1.54, 1.807) is 7.11 Å². The lowest BCUT2D eigenvalue weighted by Crippen LogP contribution is -2.39. The van der Waals surface area contributed by atoms with Gasteiger partial charge in [-0.15, -0.1) is 11.6 Å². The Morgan fingerprint density at radius 2 is 2.06 bits per heavy atom. The summed E-state index contributed by atoms with van der Waals surface area (Å²) in [7, 11) is 1.67. The van der Waals surface area contributed by atoms with Gasteiger partial charge in [-0.1, -0.05) is 6.07 Å². The average Bonchev–Trinajstić information content (AvgIpc) is 2.27. The van der Waals surface area contributed by atoms with Gasteiger partial charge in [0, 0.05) is 7.11 Å². The van der Waals surface area contributed by atoms with E-state index in [1.165, 1.54) is 6.07 Å². The predicted molar refractivity (Wildman–Crippen MR) is 63.2 cm³/mol. The largest absolute Gasteiger partial charge is 0.378 e. The monoisotopic (exact) mass is 260 g/mol. The van der Waals surface area contributed by atoms with Gasteiger partial charge in [0.1, 0.15) is 0 Å². The molecule has 0 heterocycles. The Morgan fingerprint density at radius 3 is 2.53 bits per heavy atom. The van der Waals surface area contributed by atoms with Gasteiger partial charge in [-0.2, -0.15) is 0 Å². The van der Waals surface area contributed by atoms with Crippen molar-refractivity contribution in [2.45, 2.75) is 36.7 Å². The highest BCUT2D eigenvalue weighted by Gasteiger charge is 2.39. The van der Waals surface area contributed by atoms with Crippen LogP contribution in [-0.4, -0.2) is 12.7 Å².